The van der Waals surface area contributed by atoms with E-state index in [4.69, 9.17) is 5.84 Å². The molecule has 2 aliphatic carbocycles. The zero-order valence-corrected chi connectivity index (χ0v) is 22.2. The predicted octanol–water partition coefficient (Wildman–Crippen LogP) is 3.72. The Bertz CT molecular complexity index is 1370. The van der Waals surface area contributed by atoms with Crippen LogP contribution in [0.4, 0.5) is 9.93 Å². The van der Waals surface area contributed by atoms with Crippen LogP contribution < -0.4 is 16.2 Å². The van der Waals surface area contributed by atoms with Gasteiger partial charge in [0, 0.05) is 23.4 Å². The number of nitrogens with two attached hydrogens (primary N) is 1. The highest BCUT2D eigenvalue weighted by Gasteiger charge is 2.39. The molecule has 3 amide bonds. The van der Waals surface area contributed by atoms with Crippen LogP contribution in [0.2, 0.25) is 0 Å². The van der Waals surface area contributed by atoms with Crippen molar-refractivity contribution in [2.75, 3.05) is 11.4 Å². The lowest BCUT2D eigenvalue weighted by Crippen LogP contribution is -2.47. The van der Waals surface area contributed by atoms with E-state index < -0.39 is 23.9 Å². The maximum atomic E-state index is 14.0. The number of nitrogens with one attached hydrogen (secondary N) is 1. The first-order valence-electron chi connectivity index (χ1n) is 12.9. The summed E-state index contributed by atoms with van der Waals surface area (Å²) in [6.45, 7) is 5.08. The predicted molar refractivity (Wildman–Crippen MR) is 145 cm³/mol. The van der Waals surface area contributed by atoms with E-state index in [-0.39, 0.29) is 17.3 Å². The maximum Gasteiger partial charge on any atom is 0.340 e. The van der Waals surface area contributed by atoms with E-state index in [1.54, 1.807) is 29.6 Å². The summed E-state index contributed by atoms with van der Waals surface area (Å²) in [5.74, 6) is 4.61. The second-order valence-electron chi connectivity index (χ2n) is 10.5. The number of hydrogen-bond acceptors (Lipinski definition) is 8. The van der Waals surface area contributed by atoms with E-state index in [1.165, 1.54) is 17.4 Å². The van der Waals surface area contributed by atoms with Gasteiger partial charge < -0.3 is 4.90 Å². The van der Waals surface area contributed by atoms with Crippen molar-refractivity contribution in [1.82, 2.24) is 19.9 Å². The van der Waals surface area contributed by atoms with E-state index in [0.717, 1.165) is 46.8 Å². The molecule has 2 aliphatic rings. The number of benzene rings is 1. The second-order valence-corrected chi connectivity index (χ2v) is 11.3. The highest BCUT2D eigenvalue weighted by molar-refractivity contribution is 7.14. The number of imide groups is 1. The summed E-state index contributed by atoms with van der Waals surface area (Å²) in [4.78, 5) is 60.5. The van der Waals surface area contributed by atoms with Gasteiger partial charge in [-0.1, -0.05) is 44.9 Å². The van der Waals surface area contributed by atoms with Crippen LogP contribution >= 0.6 is 11.3 Å². The van der Waals surface area contributed by atoms with Crippen molar-refractivity contribution in [2.45, 2.75) is 58.0 Å². The van der Waals surface area contributed by atoms with Crippen LogP contribution in [0.25, 0.3) is 10.9 Å². The van der Waals surface area contributed by atoms with Crippen molar-refractivity contribution in [3.8, 4) is 0 Å². The minimum atomic E-state index is -1.10. The smallest absolute Gasteiger partial charge is 0.340 e. The van der Waals surface area contributed by atoms with Crippen molar-refractivity contribution in [3.05, 3.63) is 47.1 Å². The Balaban J connectivity index is 1.54. The summed E-state index contributed by atoms with van der Waals surface area (Å²) >= 11 is 1.35. The van der Waals surface area contributed by atoms with Gasteiger partial charge in [-0.05, 0) is 43.2 Å². The van der Waals surface area contributed by atoms with Crippen LogP contribution in [0.5, 0.6) is 0 Å². The summed E-state index contributed by atoms with van der Waals surface area (Å²) in [6.07, 6.45) is 6.26. The summed E-state index contributed by atoms with van der Waals surface area (Å²) in [6, 6.07) is 7.02. The van der Waals surface area contributed by atoms with E-state index in [1.807, 2.05) is 6.29 Å². The molecule has 199 valence electrons. The molecule has 38 heavy (non-hydrogen) atoms. The average Bonchev–Trinajstić information content (AvgIpc) is 3.83. The lowest BCUT2D eigenvalue weighted by Gasteiger charge is -2.26. The number of hydrazine groups is 1. The molecule has 2 heterocycles. The highest BCUT2D eigenvalue weighted by Crippen LogP contribution is 2.36. The molecule has 3 N–H and O–H groups in total. The third-order valence-corrected chi connectivity index (χ3v) is 7.78. The van der Waals surface area contributed by atoms with Crippen LogP contribution in [-0.2, 0) is 4.79 Å². The zero-order chi connectivity index (χ0) is 27.0. The summed E-state index contributed by atoms with van der Waals surface area (Å²) < 4.78 is 1.13. The van der Waals surface area contributed by atoms with Crippen molar-refractivity contribution in [1.29, 1.82) is 0 Å². The van der Waals surface area contributed by atoms with Gasteiger partial charge in [0.1, 0.15) is 17.4 Å². The number of carbonyl (C=O) groups is 3. The molecule has 10 nitrogen and oxygen atoms in total. The van der Waals surface area contributed by atoms with Gasteiger partial charge in [-0.2, -0.15) is 0 Å². The van der Waals surface area contributed by atoms with Gasteiger partial charge in [0.15, 0.2) is 5.13 Å². The Morgan fingerprint density at radius 3 is 2.55 bits per heavy atom. The molecule has 11 heteroatoms. The molecular formula is C27H31N6O4S. The molecule has 2 saturated carbocycles. The fourth-order valence-electron chi connectivity index (χ4n) is 4.75. The number of rotatable bonds is 10. The van der Waals surface area contributed by atoms with Gasteiger partial charge in [-0.25, -0.2) is 15.6 Å². The number of fused-ring (bicyclic) bond motifs is 1. The zero-order valence-electron chi connectivity index (χ0n) is 21.4. The van der Waals surface area contributed by atoms with Crippen molar-refractivity contribution in [2.24, 2.45) is 17.7 Å². The summed E-state index contributed by atoms with van der Waals surface area (Å²) in [7, 11) is 0. The van der Waals surface area contributed by atoms with Gasteiger partial charge in [-0.3, -0.25) is 29.3 Å². The standard InChI is InChI=1S/C27H31N6O4S/c1-16(2)13-31(19-9-10-19)27-29-21(15-38-27)24(35)32(20(14-34)11-17-7-8-17)25(36)23-12-18-5-3-4-6-22(18)33(23)26(37)30-28/h3-6,12,15-17,19-20H,7-11,13,28H2,1-2H3,(H,30,37)/t20-/m0/s1. The quantitative estimate of drug-likeness (QED) is 0.175. The second kappa shape index (κ2) is 10.7. The monoisotopic (exact) mass is 535 g/mol. The van der Waals surface area contributed by atoms with Crippen LogP contribution in [0.1, 0.15) is 66.9 Å². The van der Waals surface area contributed by atoms with E-state index >= 15 is 0 Å². The summed E-state index contributed by atoms with van der Waals surface area (Å²) in [5, 5.41) is 2.97. The van der Waals surface area contributed by atoms with E-state index in [0.29, 0.717) is 29.3 Å². The van der Waals surface area contributed by atoms with Crippen LogP contribution in [0.3, 0.4) is 0 Å². The molecule has 0 bridgehead atoms. The van der Waals surface area contributed by atoms with Crippen LogP contribution in [0.15, 0.2) is 35.7 Å². The Kier molecular flexibility index (Phi) is 7.31. The number of aromatic nitrogens is 2. The first-order valence-corrected chi connectivity index (χ1v) is 13.8. The Labute approximate surface area is 224 Å². The van der Waals surface area contributed by atoms with E-state index in [9.17, 15) is 19.2 Å². The Morgan fingerprint density at radius 1 is 1.18 bits per heavy atom. The fourth-order valence-corrected chi connectivity index (χ4v) is 5.63. The van der Waals surface area contributed by atoms with Gasteiger partial charge in [0.25, 0.3) is 11.8 Å². The third kappa shape index (κ3) is 5.21. The number of amides is 3. The largest absolute Gasteiger partial charge is 0.345 e. The lowest BCUT2D eigenvalue weighted by molar-refractivity contribution is 0.0567. The fraction of sp³-hybridized carbons (Fsp3) is 0.444. The first-order chi connectivity index (χ1) is 18.3. The maximum absolute atomic E-state index is 14.0. The highest BCUT2D eigenvalue weighted by atomic mass is 32.1. The van der Waals surface area contributed by atoms with Gasteiger partial charge in [0.05, 0.1) is 5.52 Å². The lowest BCUT2D eigenvalue weighted by atomic mass is 10.1. The topological polar surface area (TPSA) is 131 Å². The van der Waals surface area contributed by atoms with E-state index in [2.05, 4.69) is 29.2 Å². The molecule has 0 saturated heterocycles. The van der Waals surface area contributed by atoms with Crippen LogP contribution in [0, 0.1) is 11.8 Å². The van der Waals surface area contributed by atoms with Gasteiger partial charge in [0.2, 0.25) is 6.29 Å². The number of para-hydroxylation sites is 1. The molecule has 2 aromatic heterocycles. The third-order valence-electron chi connectivity index (χ3n) is 6.90. The normalized spacial score (nSPS) is 15.9. The molecule has 2 fully saturated rings. The number of carbonyl (C=O) groups excluding carboxylic acids is 4. The summed E-state index contributed by atoms with van der Waals surface area (Å²) in [5.41, 5.74) is 2.53. The average molecular weight is 536 g/mol. The minimum Gasteiger partial charge on any atom is -0.345 e. The number of hydrogen-bond donors (Lipinski definition) is 2. The first kappa shape index (κ1) is 26.1. The Hall–Kier alpha value is -3.57. The molecule has 0 aliphatic heterocycles. The number of anilines is 1. The van der Waals surface area contributed by atoms with Gasteiger partial charge >= 0.3 is 6.03 Å². The van der Waals surface area contributed by atoms with Gasteiger partial charge in [-0.15, -0.1) is 11.3 Å². The number of thiazole rings is 1. The van der Waals surface area contributed by atoms with Crippen molar-refractivity contribution >= 4 is 51.5 Å². The van der Waals surface area contributed by atoms with Crippen molar-refractivity contribution in [3.63, 3.8) is 0 Å². The van der Waals surface area contributed by atoms with Crippen molar-refractivity contribution < 1.29 is 19.2 Å². The molecule has 0 spiro atoms. The molecule has 3 aromatic rings. The molecule has 1 aromatic carbocycles. The van der Waals surface area contributed by atoms with Crippen LogP contribution in [-0.4, -0.2) is 57.2 Å². The molecular weight excluding hydrogens is 504 g/mol. The number of nitrogen functional groups attached to an aromatic ring is 1. The molecule has 1 radical (unpaired) electrons. The molecule has 0 unspecified atom stereocenters. The Morgan fingerprint density at radius 2 is 1.92 bits per heavy atom. The SMILES string of the molecule is CC(C)CN(c1nc(C(=O)N(C(=O)c2cc3ccccc3n2C(=O)NN)[C@H]([C]=O)CC2CC2)cs1)C1CC1. The number of nitrogens with zero attached hydrogens (tertiary/aromatic N) is 4. The minimum absolute atomic E-state index is 0.0755. The molecule has 5 rings (SSSR count). The molecule has 1 atom stereocenters.